The zero-order valence-corrected chi connectivity index (χ0v) is 11.7. The van der Waals surface area contributed by atoms with E-state index in [0.29, 0.717) is 18.6 Å². The van der Waals surface area contributed by atoms with Gasteiger partial charge in [0.2, 0.25) is 0 Å². The van der Waals surface area contributed by atoms with Gasteiger partial charge in [0.05, 0.1) is 13.2 Å². The smallest absolute Gasteiger partial charge is 0.161 e. The molecule has 3 rings (SSSR count). The van der Waals surface area contributed by atoms with Gasteiger partial charge in [0.1, 0.15) is 5.54 Å². The topological polar surface area (TPSA) is 49.8 Å². The quantitative estimate of drug-likeness (QED) is 0.798. The van der Waals surface area contributed by atoms with Gasteiger partial charge in [-0.1, -0.05) is 13.8 Å². The summed E-state index contributed by atoms with van der Waals surface area (Å²) in [5.74, 6) is 0.933. The van der Waals surface area contributed by atoms with Gasteiger partial charge in [0.25, 0.3) is 0 Å². The lowest BCUT2D eigenvalue weighted by molar-refractivity contribution is -0.167. The molecule has 3 aliphatic rings. The number of hydrogen-bond donors (Lipinski definition) is 1. The molecule has 0 aromatic carbocycles. The van der Waals surface area contributed by atoms with Gasteiger partial charge in [0.15, 0.2) is 5.78 Å². The van der Waals surface area contributed by atoms with E-state index in [1.807, 2.05) is 0 Å². The molecule has 3 heterocycles. The zero-order chi connectivity index (χ0) is 13.3. The van der Waals surface area contributed by atoms with Crippen molar-refractivity contribution in [1.82, 2.24) is 4.90 Å². The van der Waals surface area contributed by atoms with Crippen LogP contribution < -0.4 is 0 Å². The maximum Gasteiger partial charge on any atom is 0.161 e. The van der Waals surface area contributed by atoms with Crippen LogP contribution in [-0.2, 0) is 9.53 Å². The number of nitrogens with zero attached hydrogens (tertiary/aromatic N) is 1. The maximum absolute atomic E-state index is 12.5. The normalized spacial score (nSPS) is 39.6. The third-order valence-electron chi connectivity index (χ3n) is 4.48. The molecule has 4 nitrogen and oxygen atoms in total. The minimum Gasteiger partial charge on any atom is -0.394 e. The first-order valence-electron chi connectivity index (χ1n) is 6.96. The summed E-state index contributed by atoms with van der Waals surface area (Å²) in [6.45, 7) is 5.53. The van der Waals surface area contributed by atoms with E-state index >= 15 is 0 Å². The van der Waals surface area contributed by atoms with Gasteiger partial charge >= 0.3 is 0 Å². The lowest BCUT2D eigenvalue weighted by Crippen LogP contribution is -2.72. The molecule has 0 aliphatic carbocycles. The molecular weight excluding hydrogens is 230 g/mol. The SMILES string of the molecule is COC[C@@]1(CO)C(=O)[C@H]2CCN1[C@@H](CC(C)C)C2. The van der Waals surface area contributed by atoms with Gasteiger partial charge in [-0.2, -0.15) is 0 Å². The molecular formula is C14H25NO3. The Kier molecular flexibility index (Phi) is 4.09. The number of piperidine rings is 3. The van der Waals surface area contributed by atoms with E-state index in [4.69, 9.17) is 4.74 Å². The number of carbonyl (C=O) groups excluding carboxylic acids is 1. The third-order valence-corrected chi connectivity index (χ3v) is 4.48. The number of Topliss-reactive ketones (excluding diaryl/α,β-unsaturated/α-hetero) is 1. The summed E-state index contributed by atoms with van der Waals surface area (Å²) in [5.41, 5.74) is -0.768. The Hall–Kier alpha value is -0.450. The average molecular weight is 255 g/mol. The predicted octanol–water partition coefficient (Wildman–Crippen LogP) is 1.07. The summed E-state index contributed by atoms with van der Waals surface area (Å²) >= 11 is 0. The van der Waals surface area contributed by atoms with Crippen LogP contribution in [0.1, 0.15) is 33.1 Å². The summed E-state index contributed by atoms with van der Waals surface area (Å²) in [6, 6.07) is 0.420. The highest BCUT2D eigenvalue weighted by atomic mass is 16.5. The van der Waals surface area contributed by atoms with E-state index < -0.39 is 5.54 Å². The fraction of sp³-hybridized carbons (Fsp3) is 0.929. The van der Waals surface area contributed by atoms with Gasteiger partial charge in [-0.15, -0.1) is 0 Å². The number of ketones is 1. The van der Waals surface area contributed by atoms with Crippen molar-refractivity contribution in [3.05, 3.63) is 0 Å². The van der Waals surface area contributed by atoms with Crippen molar-refractivity contribution in [3.8, 4) is 0 Å². The predicted molar refractivity (Wildman–Crippen MR) is 69.4 cm³/mol. The van der Waals surface area contributed by atoms with Crippen molar-refractivity contribution in [2.24, 2.45) is 11.8 Å². The van der Waals surface area contributed by atoms with Crippen molar-refractivity contribution < 1.29 is 14.6 Å². The molecule has 4 atom stereocenters. The first-order valence-corrected chi connectivity index (χ1v) is 6.96. The summed E-state index contributed by atoms with van der Waals surface area (Å²) in [5, 5.41) is 9.77. The van der Waals surface area contributed by atoms with Crippen molar-refractivity contribution in [1.29, 1.82) is 0 Å². The molecule has 0 radical (unpaired) electrons. The lowest BCUT2D eigenvalue weighted by Gasteiger charge is -2.56. The fourth-order valence-electron chi connectivity index (χ4n) is 3.75. The number of aliphatic hydroxyl groups excluding tert-OH is 1. The number of carbonyl (C=O) groups is 1. The van der Waals surface area contributed by atoms with Crippen molar-refractivity contribution in [3.63, 3.8) is 0 Å². The highest BCUT2D eigenvalue weighted by Gasteiger charge is 2.56. The van der Waals surface area contributed by atoms with Gasteiger partial charge in [0, 0.05) is 25.6 Å². The molecule has 104 valence electrons. The lowest BCUT2D eigenvalue weighted by atomic mass is 9.69. The number of fused-ring (bicyclic) bond motifs is 3. The largest absolute Gasteiger partial charge is 0.394 e. The monoisotopic (exact) mass is 255 g/mol. The summed E-state index contributed by atoms with van der Waals surface area (Å²) in [4.78, 5) is 14.7. The van der Waals surface area contributed by atoms with E-state index in [0.717, 1.165) is 25.8 Å². The molecule has 0 amide bonds. The molecule has 3 aliphatic heterocycles. The van der Waals surface area contributed by atoms with Crippen LogP contribution in [0.15, 0.2) is 0 Å². The van der Waals surface area contributed by atoms with Crippen molar-refractivity contribution in [2.45, 2.75) is 44.7 Å². The average Bonchev–Trinajstić information content (AvgIpc) is 2.33. The number of ether oxygens (including phenoxy) is 1. The minimum atomic E-state index is -0.768. The van der Waals surface area contributed by atoms with E-state index in [9.17, 15) is 9.90 Å². The number of hydrogen-bond acceptors (Lipinski definition) is 4. The number of rotatable bonds is 5. The third kappa shape index (κ3) is 2.10. The Morgan fingerprint density at radius 3 is 2.83 bits per heavy atom. The molecule has 0 spiro atoms. The molecule has 0 aromatic rings. The second-order valence-corrected chi connectivity index (χ2v) is 6.19. The molecule has 4 heteroatoms. The van der Waals surface area contributed by atoms with Crippen LogP contribution in [0.25, 0.3) is 0 Å². The van der Waals surface area contributed by atoms with Crippen LogP contribution in [-0.4, -0.2) is 54.2 Å². The number of methoxy groups -OCH3 is 1. The molecule has 0 aromatic heterocycles. The van der Waals surface area contributed by atoms with E-state index in [1.54, 1.807) is 7.11 Å². The fourth-order valence-corrected chi connectivity index (χ4v) is 3.75. The summed E-state index contributed by atoms with van der Waals surface area (Å²) in [6.07, 6.45) is 3.00. The molecule has 3 saturated heterocycles. The standard InChI is InChI=1S/C14H25NO3/c1-10(2)6-12-7-11-4-5-15(12)14(8-16,9-18-3)13(11)17/h10-12,16H,4-9H2,1-3H3/t11-,12-,14-/m0/s1. The van der Waals surface area contributed by atoms with E-state index in [1.165, 1.54) is 0 Å². The van der Waals surface area contributed by atoms with Gasteiger partial charge < -0.3 is 9.84 Å². The van der Waals surface area contributed by atoms with Gasteiger partial charge in [-0.05, 0) is 25.2 Å². The Labute approximate surface area is 109 Å². The summed E-state index contributed by atoms with van der Waals surface area (Å²) < 4.78 is 5.23. The molecule has 3 fully saturated rings. The van der Waals surface area contributed by atoms with Crippen LogP contribution in [0, 0.1) is 11.8 Å². The van der Waals surface area contributed by atoms with E-state index in [-0.39, 0.29) is 18.3 Å². The van der Waals surface area contributed by atoms with Crippen LogP contribution >= 0.6 is 0 Å². The molecule has 0 saturated carbocycles. The molecule has 2 bridgehead atoms. The second kappa shape index (κ2) is 5.27. The number of aliphatic hydroxyl groups is 1. The maximum atomic E-state index is 12.5. The Morgan fingerprint density at radius 2 is 2.28 bits per heavy atom. The molecule has 18 heavy (non-hydrogen) atoms. The minimum absolute atomic E-state index is 0.120. The molecule has 1 unspecified atom stereocenters. The van der Waals surface area contributed by atoms with E-state index in [2.05, 4.69) is 18.7 Å². The Bertz CT molecular complexity index is 318. The Morgan fingerprint density at radius 1 is 1.56 bits per heavy atom. The highest BCUT2D eigenvalue weighted by Crippen LogP contribution is 2.41. The van der Waals surface area contributed by atoms with Gasteiger partial charge in [-0.3, -0.25) is 9.69 Å². The van der Waals surface area contributed by atoms with Gasteiger partial charge in [-0.25, -0.2) is 0 Å². The first kappa shape index (κ1) is 14.0. The first-order chi connectivity index (χ1) is 8.55. The van der Waals surface area contributed by atoms with Crippen LogP contribution in [0.5, 0.6) is 0 Å². The second-order valence-electron chi connectivity index (χ2n) is 6.19. The van der Waals surface area contributed by atoms with Crippen molar-refractivity contribution >= 4 is 5.78 Å². The molecule has 1 N–H and O–H groups in total. The highest BCUT2D eigenvalue weighted by molar-refractivity contribution is 5.92. The van der Waals surface area contributed by atoms with Crippen LogP contribution in [0.2, 0.25) is 0 Å². The summed E-state index contributed by atoms with van der Waals surface area (Å²) in [7, 11) is 1.60. The van der Waals surface area contributed by atoms with Crippen molar-refractivity contribution in [2.75, 3.05) is 26.9 Å². The van der Waals surface area contributed by atoms with Crippen LogP contribution in [0.4, 0.5) is 0 Å². The Balaban J connectivity index is 2.25. The van der Waals surface area contributed by atoms with Crippen LogP contribution in [0.3, 0.4) is 0 Å². The zero-order valence-electron chi connectivity index (χ0n) is 11.7.